The molecule has 0 aliphatic rings. The third kappa shape index (κ3) is 4.60. The molecule has 1 aromatic carbocycles. The Hall–Kier alpha value is -2.57. The number of carbonyl (C=O) groups is 3. The number of hydrazine groups is 1. The molecule has 0 saturated carbocycles. The number of hydrogen-bond donors (Lipinski definition) is 3. The molecular weight excluding hydrogens is 264 g/mol. The van der Waals surface area contributed by atoms with E-state index in [1.165, 1.54) is 24.3 Å². The van der Waals surface area contributed by atoms with Crippen molar-refractivity contribution in [2.75, 3.05) is 0 Å². The maximum atomic E-state index is 11.7. The Morgan fingerprint density at radius 2 is 1.90 bits per heavy atom. The van der Waals surface area contributed by atoms with Gasteiger partial charge in [-0.05, 0) is 31.5 Å². The van der Waals surface area contributed by atoms with Crippen molar-refractivity contribution < 1.29 is 24.2 Å². The number of carbonyl (C=O) groups excluding carboxylic acids is 2. The first-order valence-electron chi connectivity index (χ1n) is 6.04. The van der Waals surface area contributed by atoms with Gasteiger partial charge in [0, 0.05) is 5.56 Å². The van der Waals surface area contributed by atoms with E-state index in [1.54, 1.807) is 6.92 Å². The van der Waals surface area contributed by atoms with Gasteiger partial charge in [0.2, 0.25) is 0 Å². The quantitative estimate of drug-likeness (QED) is 0.726. The minimum Gasteiger partial charge on any atom is -0.478 e. The van der Waals surface area contributed by atoms with Gasteiger partial charge < -0.3 is 9.84 Å². The Morgan fingerprint density at radius 3 is 2.50 bits per heavy atom. The van der Waals surface area contributed by atoms with Crippen molar-refractivity contribution in [1.82, 2.24) is 10.9 Å². The molecule has 1 rings (SSSR count). The van der Waals surface area contributed by atoms with E-state index in [0.717, 1.165) is 0 Å². The lowest BCUT2D eigenvalue weighted by Crippen LogP contribution is -2.42. The molecule has 108 valence electrons. The SMILES string of the molecule is CCC(C)OC(=O)NNC(=O)c1cccc(C(=O)O)c1. The first-order chi connectivity index (χ1) is 9.43. The zero-order chi connectivity index (χ0) is 15.1. The van der Waals surface area contributed by atoms with E-state index < -0.39 is 18.0 Å². The molecule has 0 heterocycles. The van der Waals surface area contributed by atoms with Gasteiger partial charge in [-0.2, -0.15) is 0 Å². The summed E-state index contributed by atoms with van der Waals surface area (Å²) < 4.78 is 4.89. The summed E-state index contributed by atoms with van der Waals surface area (Å²) in [4.78, 5) is 33.8. The smallest absolute Gasteiger partial charge is 0.426 e. The fourth-order valence-electron chi connectivity index (χ4n) is 1.27. The van der Waals surface area contributed by atoms with Gasteiger partial charge in [-0.25, -0.2) is 15.0 Å². The highest BCUT2D eigenvalue weighted by atomic mass is 16.6. The normalized spacial score (nSPS) is 11.3. The van der Waals surface area contributed by atoms with Gasteiger partial charge in [0.05, 0.1) is 5.56 Å². The summed E-state index contributed by atoms with van der Waals surface area (Å²) in [6.07, 6.45) is -0.383. The maximum Gasteiger partial charge on any atom is 0.426 e. The Labute approximate surface area is 115 Å². The molecule has 0 aliphatic carbocycles. The van der Waals surface area contributed by atoms with Crippen LogP contribution in [-0.2, 0) is 4.74 Å². The van der Waals surface area contributed by atoms with Crippen LogP contribution in [0.1, 0.15) is 41.0 Å². The van der Waals surface area contributed by atoms with E-state index in [9.17, 15) is 14.4 Å². The van der Waals surface area contributed by atoms with Crippen LogP contribution in [0.25, 0.3) is 0 Å². The molecule has 7 heteroatoms. The van der Waals surface area contributed by atoms with Crippen molar-refractivity contribution in [3.8, 4) is 0 Å². The van der Waals surface area contributed by atoms with E-state index in [-0.39, 0.29) is 17.2 Å². The minimum absolute atomic E-state index is 0.0140. The molecule has 7 nitrogen and oxygen atoms in total. The van der Waals surface area contributed by atoms with E-state index >= 15 is 0 Å². The Balaban J connectivity index is 2.57. The van der Waals surface area contributed by atoms with Crippen LogP contribution in [0.2, 0.25) is 0 Å². The predicted octanol–water partition coefficient (Wildman–Crippen LogP) is 1.55. The average molecular weight is 280 g/mol. The largest absolute Gasteiger partial charge is 0.478 e. The fourth-order valence-corrected chi connectivity index (χ4v) is 1.27. The Morgan fingerprint density at radius 1 is 1.25 bits per heavy atom. The molecule has 0 fully saturated rings. The molecule has 0 spiro atoms. The summed E-state index contributed by atoms with van der Waals surface area (Å²) in [5, 5.41) is 8.81. The van der Waals surface area contributed by atoms with Crippen LogP contribution in [0.4, 0.5) is 4.79 Å². The van der Waals surface area contributed by atoms with Gasteiger partial charge in [0.1, 0.15) is 6.10 Å². The highest BCUT2D eigenvalue weighted by Crippen LogP contribution is 2.05. The minimum atomic E-state index is -1.14. The van der Waals surface area contributed by atoms with Crippen LogP contribution >= 0.6 is 0 Å². The number of amides is 2. The molecule has 1 unspecified atom stereocenters. The van der Waals surface area contributed by atoms with Crippen molar-refractivity contribution in [3.05, 3.63) is 35.4 Å². The number of nitrogens with one attached hydrogen (secondary N) is 2. The van der Waals surface area contributed by atoms with Crippen molar-refractivity contribution in [2.45, 2.75) is 26.4 Å². The zero-order valence-electron chi connectivity index (χ0n) is 11.2. The molecular formula is C13H16N2O5. The highest BCUT2D eigenvalue weighted by Gasteiger charge is 2.11. The van der Waals surface area contributed by atoms with Crippen LogP contribution in [0.15, 0.2) is 24.3 Å². The predicted molar refractivity (Wildman–Crippen MR) is 70.2 cm³/mol. The standard InChI is InChI=1S/C13H16N2O5/c1-3-8(2)20-13(19)15-14-11(16)9-5-4-6-10(7-9)12(17)18/h4-8H,3H2,1-2H3,(H,14,16)(H,15,19)(H,17,18). The number of hydrogen-bond acceptors (Lipinski definition) is 4. The van der Waals surface area contributed by atoms with Gasteiger partial charge in [-0.15, -0.1) is 0 Å². The van der Waals surface area contributed by atoms with Crippen LogP contribution in [-0.4, -0.2) is 29.2 Å². The third-order valence-corrected chi connectivity index (χ3v) is 2.53. The number of aromatic carboxylic acids is 1. The highest BCUT2D eigenvalue weighted by molar-refractivity contribution is 5.97. The van der Waals surface area contributed by atoms with E-state index in [1.807, 2.05) is 6.92 Å². The number of benzene rings is 1. The van der Waals surface area contributed by atoms with Crippen molar-refractivity contribution in [2.24, 2.45) is 0 Å². The second-order valence-electron chi connectivity index (χ2n) is 4.09. The molecule has 0 bridgehead atoms. The van der Waals surface area contributed by atoms with Crippen LogP contribution < -0.4 is 10.9 Å². The van der Waals surface area contributed by atoms with Gasteiger partial charge in [-0.1, -0.05) is 13.0 Å². The third-order valence-electron chi connectivity index (χ3n) is 2.53. The topological polar surface area (TPSA) is 105 Å². The first kappa shape index (κ1) is 15.5. The van der Waals surface area contributed by atoms with E-state index in [4.69, 9.17) is 9.84 Å². The zero-order valence-corrected chi connectivity index (χ0v) is 11.2. The second kappa shape index (κ2) is 7.13. The summed E-state index contributed by atoms with van der Waals surface area (Å²) in [6, 6.07) is 5.45. The number of rotatable bonds is 4. The number of carboxylic acid groups (broad SMARTS) is 1. The lowest BCUT2D eigenvalue weighted by Gasteiger charge is -2.12. The summed E-state index contributed by atoms with van der Waals surface area (Å²) in [5.41, 5.74) is 4.33. The van der Waals surface area contributed by atoms with Crippen LogP contribution in [0.5, 0.6) is 0 Å². The maximum absolute atomic E-state index is 11.7. The average Bonchev–Trinajstić information content (AvgIpc) is 2.44. The van der Waals surface area contributed by atoms with Crippen molar-refractivity contribution >= 4 is 18.0 Å². The fraction of sp³-hybridized carbons (Fsp3) is 0.308. The van der Waals surface area contributed by atoms with Gasteiger partial charge in [0.25, 0.3) is 5.91 Å². The summed E-state index contributed by atoms with van der Waals surface area (Å²) in [7, 11) is 0. The van der Waals surface area contributed by atoms with E-state index in [2.05, 4.69) is 10.9 Å². The molecule has 0 radical (unpaired) electrons. The molecule has 20 heavy (non-hydrogen) atoms. The second-order valence-corrected chi connectivity index (χ2v) is 4.09. The molecule has 0 saturated heterocycles. The van der Waals surface area contributed by atoms with Crippen molar-refractivity contribution in [1.29, 1.82) is 0 Å². The molecule has 3 N–H and O–H groups in total. The molecule has 0 aromatic heterocycles. The van der Waals surface area contributed by atoms with Crippen molar-refractivity contribution in [3.63, 3.8) is 0 Å². The number of carboxylic acids is 1. The molecule has 1 atom stereocenters. The Kier molecular flexibility index (Phi) is 5.52. The van der Waals surface area contributed by atoms with Gasteiger partial charge in [0.15, 0.2) is 0 Å². The lowest BCUT2D eigenvalue weighted by atomic mass is 10.1. The summed E-state index contributed by atoms with van der Waals surface area (Å²) >= 11 is 0. The summed E-state index contributed by atoms with van der Waals surface area (Å²) in [5.74, 6) is -1.77. The first-order valence-corrected chi connectivity index (χ1v) is 6.04. The van der Waals surface area contributed by atoms with Crippen LogP contribution in [0.3, 0.4) is 0 Å². The van der Waals surface area contributed by atoms with Gasteiger partial charge in [-0.3, -0.25) is 10.2 Å². The van der Waals surface area contributed by atoms with E-state index in [0.29, 0.717) is 6.42 Å². The Bertz CT molecular complexity index is 515. The molecule has 0 aliphatic heterocycles. The monoisotopic (exact) mass is 280 g/mol. The lowest BCUT2D eigenvalue weighted by molar-refractivity contribution is 0.0696. The number of ether oxygens (including phenoxy) is 1. The molecule has 2 amide bonds. The summed E-state index contributed by atoms with van der Waals surface area (Å²) in [6.45, 7) is 3.58. The molecule has 1 aromatic rings. The van der Waals surface area contributed by atoms with Crippen LogP contribution in [0, 0.1) is 0 Å². The van der Waals surface area contributed by atoms with Gasteiger partial charge >= 0.3 is 12.1 Å².